The molecule has 134 valence electrons. The number of benzene rings is 1. The topological polar surface area (TPSA) is 69.3 Å². The van der Waals surface area contributed by atoms with E-state index in [0.29, 0.717) is 22.2 Å². The predicted molar refractivity (Wildman–Crippen MR) is 99.1 cm³/mol. The molecule has 0 bridgehead atoms. The minimum Gasteiger partial charge on any atom is -0.472 e. The summed E-state index contributed by atoms with van der Waals surface area (Å²) in [4.78, 5) is 17.5. The van der Waals surface area contributed by atoms with Gasteiger partial charge in [0.2, 0.25) is 5.95 Å². The zero-order valence-corrected chi connectivity index (χ0v) is 15.4. The van der Waals surface area contributed by atoms with Crippen molar-refractivity contribution in [1.82, 2.24) is 9.55 Å². The first-order valence-corrected chi connectivity index (χ1v) is 8.72. The Bertz CT molecular complexity index is 1020. The van der Waals surface area contributed by atoms with E-state index >= 15 is 0 Å². The minimum atomic E-state index is -0.401. The van der Waals surface area contributed by atoms with Gasteiger partial charge in [-0.15, -0.1) is 0 Å². The van der Waals surface area contributed by atoms with Crippen molar-refractivity contribution in [2.24, 2.45) is 0 Å². The van der Waals surface area contributed by atoms with Crippen molar-refractivity contribution < 1.29 is 13.9 Å². The number of rotatable bonds is 3. The van der Waals surface area contributed by atoms with Crippen LogP contribution in [-0.2, 0) is 9.53 Å². The Kier molecular flexibility index (Phi) is 4.00. The van der Waals surface area contributed by atoms with E-state index < -0.39 is 6.04 Å². The molecule has 1 aliphatic heterocycles. The molecule has 0 unspecified atom stereocenters. The molecule has 1 aromatic carbocycles. The van der Waals surface area contributed by atoms with Crippen molar-refractivity contribution in [3.05, 3.63) is 58.6 Å². The van der Waals surface area contributed by atoms with Crippen molar-refractivity contribution in [1.29, 1.82) is 0 Å². The van der Waals surface area contributed by atoms with Gasteiger partial charge in [0.15, 0.2) is 0 Å². The molecule has 1 atom stereocenters. The number of imidazole rings is 1. The lowest BCUT2D eigenvalue weighted by atomic mass is 9.97. The van der Waals surface area contributed by atoms with Gasteiger partial charge in [-0.25, -0.2) is 9.78 Å². The number of fused-ring (bicyclic) bond motifs is 3. The maximum absolute atomic E-state index is 12.8. The fourth-order valence-corrected chi connectivity index (χ4v) is 3.45. The number of furan rings is 1. The smallest absolute Gasteiger partial charge is 0.338 e. The van der Waals surface area contributed by atoms with Crippen LogP contribution in [0.2, 0.25) is 5.02 Å². The number of ether oxygens (including phenoxy) is 1. The second-order valence-electron chi connectivity index (χ2n) is 6.52. The van der Waals surface area contributed by atoms with Gasteiger partial charge < -0.3 is 14.5 Å². The zero-order valence-electron chi connectivity index (χ0n) is 14.6. The lowest BCUT2D eigenvalue weighted by molar-refractivity contribution is -0.143. The van der Waals surface area contributed by atoms with Crippen LogP contribution < -0.4 is 5.32 Å². The van der Waals surface area contributed by atoms with E-state index in [-0.39, 0.29) is 12.1 Å². The van der Waals surface area contributed by atoms with Gasteiger partial charge >= 0.3 is 5.97 Å². The third-order valence-corrected chi connectivity index (χ3v) is 4.54. The number of carbonyl (C=O) groups is 1. The highest BCUT2D eigenvalue weighted by Crippen LogP contribution is 2.40. The summed E-state index contributed by atoms with van der Waals surface area (Å²) >= 11 is 6.11. The highest BCUT2D eigenvalue weighted by molar-refractivity contribution is 6.31. The van der Waals surface area contributed by atoms with Gasteiger partial charge in [-0.3, -0.25) is 4.57 Å². The largest absolute Gasteiger partial charge is 0.472 e. The molecular weight excluding hydrogens is 354 g/mol. The third kappa shape index (κ3) is 2.66. The van der Waals surface area contributed by atoms with Crippen LogP contribution in [0.3, 0.4) is 0 Å². The number of aromatic nitrogens is 2. The van der Waals surface area contributed by atoms with Crippen LogP contribution in [0.25, 0.3) is 11.0 Å². The molecule has 1 N–H and O–H groups in total. The Labute approximate surface area is 155 Å². The lowest BCUT2D eigenvalue weighted by Gasteiger charge is -2.29. The molecular formula is C19H18ClN3O3. The summed E-state index contributed by atoms with van der Waals surface area (Å²) in [5.74, 6) is 0.282. The van der Waals surface area contributed by atoms with Crippen LogP contribution in [0.1, 0.15) is 32.4 Å². The van der Waals surface area contributed by atoms with E-state index in [2.05, 4.69) is 10.3 Å². The molecule has 0 saturated heterocycles. The number of nitrogens with zero attached hydrogens (tertiary/aromatic N) is 2. The highest BCUT2D eigenvalue weighted by atomic mass is 35.5. The van der Waals surface area contributed by atoms with Crippen molar-refractivity contribution in [3.63, 3.8) is 0 Å². The molecule has 3 heterocycles. The summed E-state index contributed by atoms with van der Waals surface area (Å²) in [7, 11) is 0. The number of allylic oxidation sites excluding steroid dienone is 1. The summed E-state index contributed by atoms with van der Waals surface area (Å²) in [5.41, 5.74) is 3.69. The maximum Gasteiger partial charge on any atom is 0.338 e. The van der Waals surface area contributed by atoms with E-state index in [4.69, 9.17) is 20.8 Å². The number of hydrogen-bond donors (Lipinski definition) is 1. The van der Waals surface area contributed by atoms with E-state index in [9.17, 15) is 4.79 Å². The maximum atomic E-state index is 12.8. The van der Waals surface area contributed by atoms with Gasteiger partial charge in [-0.2, -0.15) is 0 Å². The van der Waals surface area contributed by atoms with Crippen molar-refractivity contribution in [3.8, 4) is 0 Å². The normalized spacial score (nSPS) is 16.7. The van der Waals surface area contributed by atoms with Crippen LogP contribution in [0.4, 0.5) is 5.95 Å². The second-order valence-corrected chi connectivity index (χ2v) is 6.95. The summed E-state index contributed by atoms with van der Waals surface area (Å²) in [6.45, 7) is 5.51. The van der Waals surface area contributed by atoms with Gasteiger partial charge in [-0.1, -0.05) is 11.6 Å². The van der Waals surface area contributed by atoms with Crippen LogP contribution in [0.15, 0.2) is 52.5 Å². The SMILES string of the molecule is CC1=C(C(=O)OC(C)C)[C@H](c2ccoc2)n2c(nc3cc(Cl)ccc32)N1. The summed E-state index contributed by atoms with van der Waals surface area (Å²) < 4.78 is 12.7. The third-order valence-electron chi connectivity index (χ3n) is 4.31. The van der Waals surface area contributed by atoms with Gasteiger partial charge in [0, 0.05) is 16.3 Å². The van der Waals surface area contributed by atoms with Gasteiger partial charge in [0.25, 0.3) is 0 Å². The Hall–Kier alpha value is -2.73. The molecule has 4 rings (SSSR count). The fourth-order valence-electron chi connectivity index (χ4n) is 3.28. The van der Waals surface area contributed by atoms with E-state index in [1.165, 1.54) is 0 Å². The van der Waals surface area contributed by atoms with Crippen molar-refractivity contribution in [2.45, 2.75) is 32.9 Å². The van der Waals surface area contributed by atoms with Crippen LogP contribution in [-0.4, -0.2) is 21.6 Å². The molecule has 0 amide bonds. The molecule has 26 heavy (non-hydrogen) atoms. The van der Waals surface area contributed by atoms with Gasteiger partial charge in [0.05, 0.1) is 41.3 Å². The fraction of sp³-hybridized carbons (Fsp3) is 0.263. The average molecular weight is 372 g/mol. The van der Waals surface area contributed by atoms with Gasteiger partial charge in [-0.05, 0) is 45.0 Å². The molecule has 2 aromatic heterocycles. The van der Waals surface area contributed by atoms with Crippen LogP contribution in [0.5, 0.6) is 0 Å². The number of nitrogens with one attached hydrogen (secondary N) is 1. The molecule has 0 radical (unpaired) electrons. The monoisotopic (exact) mass is 371 g/mol. The zero-order chi connectivity index (χ0) is 18.4. The minimum absolute atomic E-state index is 0.215. The molecule has 0 aliphatic carbocycles. The molecule has 1 aliphatic rings. The molecule has 6 nitrogen and oxygen atoms in total. The van der Waals surface area contributed by atoms with E-state index in [0.717, 1.165) is 16.6 Å². The Morgan fingerprint density at radius 2 is 2.19 bits per heavy atom. The van der Waals surface area contributed by atoms with Crippen molar-refractivity contribution in [2.75, 3.05) is 5.32 Å². The molecule has 0 fully saturated rings. The lowest BCUT2D eigenvalue weighted by Crippen LogP contribution is -2.29. The number of anilines is 1. The van der Waals surface area contributed by atoms with Crippen LogP contribution >= 0.6 is 11.6 Å². The first-order chi connectivity index (χ1) is 12.5. The van der Waals surface area contributed by atoms with E-state index in [1.807, 2.05) is 43.5 Å². The Morgan fingerprint density at radius 1 is 1.38 bits per heavy atom. The number of halogens is 1. The predicted octanol–water partition coefficient (Wildman–Crippen LogP) is 4.52. The number of esters is 1. The highest BCUT2D eigenvalue weighted by Gasteiger charge is 2.35. The molecule has 7 heteroatoms. The van der Waals surface area contributed by atoms with Gasteiger partial charge in [0.1, 0.15) is 0 Å². The standard InChI is InChI=1S/C19H18ClN3O3/c1-10(2)26-18(24)16-11(3)21-19-22-14-8-13(20)4-5-15(14)23(19)17(16)12-6-7-25-9-12/h4-10,17H,1-3H3,(H,21,22)/t17-/m0/s1. The average Bonchev–Trinajstić information content (AvgIpc) is 3.19. The summed E-state index contributed by atoms with van der Waals surface area (Å²) in [6, 6.07) is 6.95. The molecule has 0 saturated carbocycles. The number of carbonyl (C=O) groups excluding carboxylic acids is 1. The summed E-state index contributed by atoms with van der Waals surface area (Å²) in [6.07, 6.45) is 3.01. The first kappa shape index (κ1) is 16.7. The first-order valence-electron chi connectivity index (χ1n) is 8.34. The van der Waals surface area contributed by atoms with E-state index in [1.54, 1.807) is 18.6 Å². The number of hydrogen-bond acceptors (Lipinski definition) is 5. The van der Waals surface area contributed by atoms with Crippen molar-refractivity contribution >= 4 is 34.6 Å². The molecule has 3 aromatic rings. The van der Waals surface area contributed by atoms with Crippen LogP contribution in [0, 0.1) is 0 Å². The Balaban J connectivity index is 1.94. The Morgan fingerprint density at radius 3 is 2.88 bits per heavy atom. The quantitative estimate of drug-likeness (QED) is 0.685. The summed E-state index contributed by atoms with van der Waals surface area (Å²) in [5, 5.41) is 3.83. The molecule has 0 spiro atoms. The second kappa shape index (κ2) is 6.21.